The Bertz CT molecular complexity index is 501. The van der Waals surface area contributed by atoms with Crippen molar-refractivity contribution in [2.45, 2.75) is 20.3 Å². The van der Waals surface area contributed by atoms with Gasteiger partial charge in [-0.2, -0.15) is 0 Å². The van der Waals surface area contributed by atoms with Crippen LogP contribution < -0.4 is 10.6 Å². The third kappa shape index (κ3) is 3.74. The van der Waals surface area contributed by atoms with Crippen molar-refractivity contribution < 1.29 is 0 Å². The highest BCUT2D eigenvalue weighted by Crippen LogP contribution is 2.14. The number of guanidine groups is 1. The standard InChI is InChI=1S/C15H22N4/c1-3-16-15(17-4-2)18-10-9-13-11-12-7-5-6-8-14(12)19-13/h5-8,11,19H,3-4,9-10H2,1-2H3,(H2,16,17,18). The first-order valence-corrected chi connectivity index (χ1v) is 6.92. The molecule has 0 aliphatic rings. The van der Waals surface area contributed by atoms with E-state index in [4.69, 9.17) is 0 Å². The van der Waals surface area contributed by atoms with Crippen molar-refractivity contribution >= 4 is 16.9 Å². The second kappa shape index (κ2) is 6.83. The number of hydrogen-bond donors (Lipinski definition) is 3. The zero-order valence-electron chi connectivity index (χ0n) is 11.7. The molecule has 0 fully saturated rings. The summed E-state index contributed by atoms with van der Waals surface area (Å²) in [5, 5.41) is 7.71. The van der Waals surface area contributed by atoms with Gasteiger partial charge in [-0.25, -0.2) is 0 Å². The quantitative estimate of drug-likeness (QED) is 0.569. The Labute approximate surface area is 114 Å². The fourth-order valence-corrected chi connectivity index (χ4v) is 2.07. The van der Waals surface area contributed by atoms with E-state index in [1.807, 2.05) is 0 Å². The molecule has 0 spiro atoms. The molecule has 19 heavy (non-hydrogen) atoms. The monoisotopic (exact) mass is 258 g/mol. The van der Waals surface area contributed by atoms with Crippen LogP contribution in [0, 0.1) is 0 Å². The van der Waals surface area contributed by atoms with Crippen molar-refractivity contribution in [1.82, 2.24) is 15.6 Å². The Morgan fingerprint density at radius 1 is 1.16 bits per heavy atom. The average molecular weight is 258 g/mol. The fourth-order valence-electron chi connectivity index (χ4n) is 2.07. The number of nitrogens with zero attached hydrogens (tertiary/aromatic N) is 1. The molecule has 2 rings (SSSR count). The van der Waals surface area contributed by atoms with Crippen LogP contribution in [0.1, 0.15) is 19.5 Å². The van der Waals surface area contributed by atoms with E-state index < -0.39 is 0 Å². The molecule has 1 aromatic carbocycles. The van der Waals surface area contributed by atoms with Crippen LogP contribution in [-0.4, -0.2) is 30.6 Å². The van der Waals surface area contributed by atoms with Gasteiger partial charge in [0, 0.05) is 37.3 Å². The molecule has 2 aromatic rings. The van der Waals surface area contributed by atoms with Crippen LogP contribution in [-0.2, 0) is 6.42 Å². The molecule has 0 unspecified atom stereocenters. The number of nitrogens with one attached hydrogen (secondary N) is 3. The molecular formula is C15H22N4. The summed E-state index contributed by atoms with van der Waals surface area (Å²) in [6.45, 7) is 6.70. The lowest BCUT2D eigenvalue weighted by Gasteiger charge is -2.08. The van der Waals surface area contributed by atoms with E-state index in [1.54, 1.807) is 0 Å². The maximum atomic E-state index is 4.54. The smallest absolute Gasteiger partial charge is 0.191 e. The van der Waals surface area contributed by atoms with Gasteiger partial charge >= 0.3 is 0 Å². The summed E-state index contributed by atoms with van der Waals surface area (Å²) >= 11 is 0. The van der Waals surface area contributed by atoms with Crippen molar-refractivity contribution in [2.24, 2.45) is 4.99 Å². The Hall–Kier alpha value is -1.97. The van der Waals surface area contributed by atoms with Crippen molar-refractivity contribution in [3.63, 3.8) is 0 Å². The predicted octanol–water partition coefficient (Wildman–Crippen LogP) is 2.29. The Morgan fingerprint density at radius 3 is 2.58 bits per heavy atom. The number of para-hydroxylation sites is 1. The van der Waals surface area contributed by atoms with Gasteiger partial charge in [-0.05, 0) is 31.4 Å². The number of aromatic nitrogens is 1. The van der Waals surface area contributed by atoms with Crippen LogP contribution in [0.4, 0.5) is 0 Å². The Morgan fingerprint density at radius 2 is 1.89 bits per heavy atom. The van der Waals surface area contributed by atoms with E-state index >= 15 is 0 Å². The van der Waals surface area contributed by atoms with Gasteiger partial charge in [-0.1, -0.05) is 18.2 Å². The number of rotatable bonds is 5. The summed E-state index contributed by atoms with van der Waals surface area (Å²) < 4.78 is 0. The first-order chi connectivity index (χ1) is 9.33. The molecule has 0 amide bonds. The van der Waals surface area contributed by atoms with Crippen molar-refractivity contribution in [3.05, 3.63) is 36.0 Å². The number of fused-ring (bicyclic) bond motifs is 1. The highest BCUT2D eigenvalue weighted by Gasteiger charge is 2.00. The number of aromatic amines is 1. The third-order valence-corrected chi connectivity index (χ3v) is 2.93. The molecule has 0 saturated heterocycles. The summed E-state index contributed by atoms with van der Waals surface area (Å²) in [6.07, 6.45) is 0.926. The van der Waals surface area contributed by atoms with Gasteiger partial charge < -0.3 is 15.6 Å². The van der Waals surface area contributed by atoms with Crippen LogP contribution in [0.5, 0.6) is 0 Å². The maximum absolute atomic E-state index is 4.54. The van der Waals surface area contributed by atoms with E-state index in [0.29, 0.717) is 0 Å². The fraction of sp³-hybridized carbons (Fsp3) is 0.400. The molecule has 0 bridgehead atoms. The van der Waals surface area contributed by atoms with Crippen LogP contribution in [0.25, 0.3) is 10.9 Å². The third-order valence-electron chi connectivity index (χ3n) is 2.93. The Balaban J connectivity index is 1.95. The molecule has 0 aliphatic carbocycles. The van der Waals surface area contributed by atoms with Gasteiger partial charge in [0.25, 0.3) is 0 Å². The summed E-state index contributed by atoms with van der Waals surface area (Å²) in [5.74, 6) is 0.890. The number of aliphatic imine (C=N–C) groups is 1. The lowest BCUT2D eigenvalue weighted by atomic mass is 10.2. The van der Waals surface area contributed by atoms with Crippen molar-refractivity contribution in [1.29, 1.82) is 0 Å². The van der Waals surface area contributed by atoms with E-state index in [0.717, 1.165) is 32.0 Å². The molecule has 102 valence electrons. The summed E-state index contributed by atoms with van der Waals surface area (Å²) in [6, 6.07) is 10.5. The van der Waals surface area contributed by atoms with E-state index in [9.17, 15) is 0 Å². The largest absolute Gasteiger partial charge is 0.358 e. The van der Waals surface area contributed by atoms with Gasteiger partial charge in [0.15, 0.2) is 5.96 Å². The summed E-state index contributed by atoms with van der Waals surface area (Å²) in [4.78, 5) is 7.97. The molecule has 0 atom stereocenters. The van der Waals surface area contributed by atoms with Gasteiger partial charge in [-0.3, -0.25) is 4.99 Å². The first-order valence-electron chi connectivity index (χ1n) is 6.92. The van der Waals surface area contributed by atoms with E-state index in [2.05, 4.69) is 64.8 Å². The van der Waals surface area contributed by atoms with E-state index in [1.165, 1.54) is 16.6 Å². The summed E-state index contributed by atoms with van der Waals surface area (Å²) in [7, 11) is 0. The van der Waals surface area contributed by atoms with Gasteiger partial charge in [0.1, 0.15) is 0 Å². The van der Waals surface area contributed by atoms with Crippen molar-refractivity contribution in [2.75, 3.05) is 19.6 Å². The number of H-pyrrole nitrogens is 1. The number of hydrogen-bond acceptors (Lipinski definition) is 1. The minimum Gasteiger partial charge on any atom is -0.358 e. The molecule has 3 N–H and O–H groups in total. The zero-order chi connectivity index (χ0) is 13.5. The molecular weight excluding hydrogens is 236 g/mol. The highest BCUT2D eigenvalue weighted by atomic mass is 15.2. The molecule has 1 heterocycles. The van der Waals surface area contributed by atoms with Gasteiger partial charge in [0.05, 0.1) is 0 Å². The zero-order valence-corrected chi connectivity index (χ0v) is 11.7. The molecule has 0 radical (unpaired) electrons. The average Bonchev–Trinajstić information content (AvgIpc) is 2.82. The highest BCUT2D eigenvalue weighted by molar-refractivity contribution is 5.80. The van der Waals surface area contributed by atoms with Crippen LogP contribution in [0.3, 0.4) is 0 Å². The van der Waals surface area contributed by atoms with Gasteiger partial charge in [-0.15, -0.1) is 0 Å². The topological polar surface area (TPSA) is 52.2 Å². The molecule has 0 saturated carbocycles. The van der Waals surface area contributed by atoms with Crippen LogP contribution in [0.15, 0.2) is 35.3 Å². The SMILES string of the molecule is CCNC(=NCCc1cc2ccccc2[nH]1)NCC. The molecule has 1 aromatic heterocycles. The van der Waals surface area contributed by atoms with Crippen molar-refractivity contribution in [3.8, 4) is 0 Å². The van der Waals surface area contributed by atoms with Crippen LogP contribution in [0.2, 0.25) is 0 Å². The first kappa shape index (κ1) is 13.5. The van der Waals surface area contributed by atoms with Crippen LogP contribution >= 0.6 is 0 Å². The minimum absolute atomic E-state index is 0.780. The second-order valence-electron chi connectivity index (χ2n) is 4.42. The molecule has 4 heteroatoms. The number of benzene rings is 1. The normalized spacial score (nSPS) is 10.4. The predicted molar refractivity (Wildman–Crippen MR) is 81.7 cm³/mol. The maximum Gasteiger partial charge on any atom is 0.191 e. The van der Waals surface area contributed by atoms with E-state index in [-0.39, 0.29) is 0 Å². The molecule has 0 aliphatic heterocycles. The second-order valence-corrected chi connectivity index (χ2v) is 4.42. The lowest BCUT2D eigenvalue weighted by Crippen LogP contribution is -2.37. The lowest BCUT2D eigenvalue weighted by molar-refractivity contribution is 0.830. The minimum atomic E-state index is 0.780. The molecule has 4 nitrogen and oxygen atoms in total. The summed E-state index contributed by atoms with van der Waals surface area (Å²) in [5.41, 5.74) is 2.43. The van der Waals surface area contributed by atoms with Gasteiger partial charge in [0.2, 0.25) is 0 Å². The Kier molecular flexibility index (Phi) is 4.84.